The summed E-state index contributed by atoms with van der Waals surface area (Å²) in [7, 11) is 3.44. The Bertz CT molecular complexity index is 823. The molecule has 2 fully saturated rings. The smallest absolute Gasteiger partial charge is 0.410 e. The zero-order valence-corrected chi connectivity index (χ0v) is 15.7. The maximum Gasteiger partial charge on any atom is 0.410 e. The molecule has 0 aliphatic carbocycles. The van der Waals surface area contributed by atoms with Gasteiger partial charge in [0.2, 0.25) is 0 Å². The minimum Gasteiger partial charge on any atom is -0.497 e. The number of benzene rings is 2. The third-order valence-electron chi connectivity index (χ3n) is 5.14. The number of methoxy groups -OCH3 is 1. The summed E-state index contributed by atoms with van der Waals surface area (Å²) in [5.41, 5.74) is 0.832. The van der Waals surface area contributed by atoms with E-state index in [0.29, 0.717) is 6.54 Å². The van der Waals surface area contributed by atoms with Crippen LogP contribution in [0.25, 0.3) is 0 Å². The van der Waals surface area contributed by atoms with Gasteiger partial charge in [-0.3, -0.25) is 4.90 Å². The number of nitrogens with zero attached hydrogens (tertiary/aromatic N) is 2. The zero-order chi connectivity index (χ0) is 18.9. The number of likely N-dealkylation sites (tertiary alicyclic amines) is 1. The van der Waals surface area contributed by atoms with Crippen LogP contribution in [0.4, 0.5) is 4.79 Å². The second-order valence-corrected chi connectivity index (χ2v) is 7.29. The van der Waals surface area contributed by atoms with E-state index in [0.717, 1.165) is 43.3 Å². The molecule has 2 aromatic carbocycles. The quantitative estimate of drug-likeness (QED) is 0.808. The van der Waals surface area contributed by atoms with Crippen molar-refractivity contribution >= 4 is 6.09 Å². The van der Waals surface area contributed by atoms with Gasteiger partial charge in [0, 0.05) is 33.1 Å². The molecule has 0 saturated carbocycles. The van der Waals surface area contributed by atoms with Gasteiger partial charge >= 0.3 is 6.09 Å². The van der Waals surface area contributed by atoms with Crippen molar-refractivity contribution in [2.24, 2.45) is 0 Å². The van der Waals surface area contributed by atoms with Crippen molar-refractivity contribution < 1.29 is 19.0 Å². The third kappa shape index (κ3) is 3.85. The normalized spacial score (nSPS) is 22.3. The number of hydrogen-bond acceptors (Lipinski definition) is 5. The molecule has 2 saturated heterocycles. The highest BCUT2D eigenvalue weighted by atomic mass is 16.6. The van der Waals surface area contributed by atoms with E-state index in [-0.39, 0.29) is 11.7 Å². The molecule has 0 bridgehead atoms. The predicted octanol–water partition coefficient (Wildman–Crippen LogP) is 3.51. The van der Waals surface area contributed by atoms with Crippen molar-refractivity contribution in [3.8, 4) is 17.2 Å². The van der Waals surface area contributed by atoms with Crippen LogP contribution >= 0.6 is 0 Å². The van der Waals surface area contributed by atoms with Crippen LogP contribution in [-0.2, 0) is 11.3 Å². The average Bonchev–Trinajstić information content (AvgIpc) is 3.17. The fourth-order valence-corrected chi connectivity index (χ4v) is 3.81. The van der Waals surface area contributed by atoms with Crippen molar-refractivity contribution in [2.45, 2.75) is 18.6 Å². The molecular weight excluding hydrogens is 344 g/mol. The lowest BCUT2D eigenvalue weighted by Gasteiger charge is -2.22. The minimum atomic E-state index is -0.344. The van der Waals surface area contributed by atoms with Crippen molar-refractivity contribution in [2.75, 3.05) is 33.8 Å². The number of hydrogen-bond donors (Lipinski definition) is 0. The van der Waals surface area contributed by atoms with E-state index < -0.39 is 0 Å². The van der Waals surface area contributed by atoms with Crippen LogP contribution in [0.1, 0.15) is 12.0 Å². The topological polar surface area (TPSA) is 51.2 Å². The first-order valence-corrected chi connectivity index (χ1v) is 9.13. The van der Waals surface area contributed by atoms with Crippen LogP contribution < -0.4 is 9.47 Å². The second kappa shape index (κ2) is 7.12. The summed E-state index contributed by atoms with van der Waals surface area (Å²) in [6.07, 6.45) is 0.664. The van der Waals surface area contributed by atoms with Gasteiger partial charge in [0.1, 0.15) is 22.8 Å². The molecule has 0 N–H and O–H groups in total. The number of amides is 1. The molecule has 1 spiro atoms. The van der Waals surface area contributed by atoms with E-state index in [4.69, 9.17) is 14.2 Å². The Morgan fingerprint density at radius 2 is 1.85 bits per heavy atom. The molecule has 2 aliphatic heterocycles. The molecule has 2 heterocycles. The first kappa shape index (κ1) is 17.7. The summed E-state index contributed by atoms with van der Waals surface area (Å²) < 4.78 is 16.7. The van der Waals surface area contributed by atoms with Gasteiger partial charge < -0.3 is 19.1 Å². The Balaban J connectivity index is 1.39. The van der Waals surface area contributed by atoms with E-state index in [2.05, 4.69) is 17.0 Å². The lowest BCUT2D eigenvalue weighted by Crippen LogP contribution is -2.37. The maximum atomic E-state index is 11.7. The zero-order valence-electron chi connectivity index (χ0n) is 15.7. The van der Waals surface area contributed by atoms with E-state index in [1.165, 1.54) is 5.56 Å². The van der Waals surface area contributed by atoms with E-state index >= 15 is 0 Å². The molecule has 142 valence electrons. The molecule has 27 heavy (non-hydrogen) atoms. The maximum absolute atomic E-state index is 11.7. The van der Waals surface area contributed by atoms with Crippen molar-refractivity contribution in [3.63, 3.8) is 0 Å². The van der Waals surface area contributed by atoms with Crippen molar-refractivity contribution in [1.29, 1.82) is 0 Å². The van der Waals surface area contributed by atoms with Gasteiger partial charge in [-0.25, -0.2) is 4.79 Å². The van der Waals surface area contributed by atoms with E-state index in [9.17, 15) is 4.79 Å². The van der Waals surface area contributed by atoms with Crippen molar-refractivity contribution in [1.82, 2.24) is 9.80 Å². The summed E-state index contributed by atoms with van der Waals surface area (Å²) in [4.78, 5) is 15.7. The highest BCUT2D eigenvalue weighted by Gasteiger charge is 2.48. The van der Waals surface area contributed by atoms with E-state index in [1.54, 1.807) is 19.1 Å². The number of likely N-dealkylation sites (N-methyl/N-ethyl adjacent to an activating group) is 1. The molecule has 6 heteroatoms. The van der Waals surface area contributed by atoms with E-state index in [1.807, 2.05) is 36.4 Å². The molecular formula is C21H24N2O4. The van der Waals surface area contributed by atoms with Crippen LogP contribution in [0.15, 0.2) is 48.5 Å². The first-order valence-electron chi connectivity index (χ1n) is 9.13. The third-order valence-corrected chi connectivity index (χ3v) is 5.14. The molecule has 1 unspecified atom stereocenters. The predicted molar refractivity (Wildman–Crippen MR) is 101 cm³/mol. The molecule has 0 aromatic heterocycles. The van der Waals surface area contributed by atoms with Crippen LogP contribution in [0.2, 0.25) is 0 Å². The van der Waals surface area contributed by atoms with Gasteiger partial charge in [-0.1, -0.05) is 12.1 Å². The molecule has 0 radical (unpaired) electrons. The van der Waals surface area contributed by atoms with Crippen LogP contribution in [0.3, 0.4) is 0 Å². The lowest BCUT2D eigenvalue weighted by molar-refractivity contribution is 0.0627. The summed E-state index contributed by atoms with van der Waals surface area (Å²) in [5, 5.41) is 0. The van der Waals surface area contributed by atoms with Crippen molar-refractivity contribution in [3.05, 3.63) is 54.1 Å². The Hall–Kier alpha value is -2.73. The average molecular weight is 368 g/mol. The van der Waals surface area contributed by atoms with Crippen LogP contribution in [0.5, 0.6) is 17.2 Å². The monoisotopic (exact) mass is 368 g/mol. The largest absolute Gasteiger partial charge is 0.497 e. The molecule has 4 rings (SSSR count). The molecule has 1 atom stereocenters. The number of carbonyl (C=O) groups is 1. The standard InChI is InChI=1S/C21H24N2O4/c1-22-14-21(27-20(22)24)10-11-23(15-21)13-16-4-3-5-19(12-16)26-18-8-6-17(25-2)7-9-18/h3-9,12H,10-11,13-15H2,1-2H3. The molecule has 2 aromatic rings. The minimum absolute atomic E-state index is 0.216. The molecule has 2 aliphatic rings. The van der Waals surface area contributed by atoms with Gasteiger partial charge in [0.15, 0.2) is 0 Å². The van der Waals surface area contributed by atoms with Gasteiger partial charge in [-0.05, 0) is 42.0 Å². The van der Waals surface area contributed by atoms with Crippen LogP contribution in [-0.4, -0.2) is 55.3 Å². The number of rotatable bonds is 5. The summed E-state index contributed by atoms with van der Waals surface area (Å²) in [6.45, 7) is 3.17. The van der Waals surface area contributed by atoms with Gasteiger partial charge in [0.25, 0.3) is 0 Å². The molecule has 1 amide bonds. The highest BCUT2D eigenvalue weighted by molar-refractivity contribution is 5.70. The summed E-state index contributed by atoms with van der Waals surface area (Å²) in [6, 6.07) is 15.6. The Labute approximate surface area is 159 Å². The number of ether oxygens (including phenoxy) is 3. The Kier molecular flexibility index (Phi) is 4.66. The summed E-state index contributed by atoms with van der Waals surface area (Å²) in [5.74, 6) is 2.38. The molecule has 6 nitrogen and oxygen atoms in total. The fraction of sp³-hybridized carbons (Fsp3) is 0.381. The Morgan fingerprint density at radius 3 is 2.56 bits per heavy atom. The summed E-state index contributed by atoms with van der Waals surface area (Å²) >= 11 is 0. The first-order chi connectivity index (χ1) is 13.0. The number of carbonyl (C=O) groups excluding carboxylic acids is 1. The fourth-order valence-electron chi connectivity index (χ4n) is 3.81. The van der Waals surface area contributed by atoms with Gasteiger partial charge in [-0.15, -0.1) is 0 Å². The van der Waals surface area contributed by atoms with Gasteiger partial charge in [0.05, 0.1) is 13.7 Å². The lowest BCUT2D eigenvalue weighted by atomic mass is 10.0. The SMILES string of the molecule is COc1ccc(Oc2cccc(CN3CCC4(C3)CN(C)C(=O)O4)c2)cc1. The van der Waals surface area contributed by atoms with Gasteiger partial charge in [-0.2, -0.15) is 0 Å². The van der Waals surface area contributed by atoms with Crippen LogP contribution in [0, 0.1) is 0 Å². The Morgan fingerprint density at radius 1 is 1.07 bits per heavy atom. The highest BCUT2D eigenvalue weighted by Crippen LogP contribution is 2.33. The second-order valence-electron chi connectivity index (χ2n) is 7.29.